The van der Waals surface area contributed by atoms with E-state index in [0.29, 0.717) is 34.0 Å². The minimum atomic E-state index is -0.275. The summed E-state index contributed by atoms with van der Waals surface area (Å²) >= 11 is 1.39. The van der Waals surface area contributed by atoms with E-state index in [9.17, 15) is 14.4 Å². The van der Waals surface area contributed by atoms with Gasteiger partial charge in [-0.05, 0) is 36.4 Å². The van der Waals surface area contributed by atoms with E-state index in [1.807, 2.05) is 24.3 Å². The minimum absolute atomic E-state index is 0.00639. The van der Waals surface area contributed by atoms with Crippen LogP contribution in [0, 0.1) is 0 Å². The van der Waals surface area contributed by atoms with E-state index in [2.05, 4.69) is 5.32 Å². The van der Waals surface area contributed by atoms with Gasteiger partial charge in [-0.25, -0.2) is 0 Å². The largest absolute Gasteiger partial charge is 0.482 e. The summed E-state index contributed by atoms with van der Waals surface area (Å²) in [5.74, 6) is 0.505. The van der Waals surface area contributed by atoms with Crippen molar-refractivity contribution in [1.29, 1.82) is 0 Å². The van der Waals surface area contributed by atoms with Gasteiger partial charge in [0.1, 0.15) is 5.75 Å². The van der Waals surface area contributed by atoms with Gasteiger partial charge in [-0.2, -0.15) is 0 Å². The first kappa shape index (κ1) is 20.7. The molecule has 2 amide bonds. The molecule has 31 heavy (non-hydrogen) atoms. The standard InChI is InChI=1S/C24H20N2O4S/c1-26-20-13-18(10-11-22(20)30-14-23(26)28)25-24(29)17-8-5-9-19(12-17)31-15-21(27)16-6-3-2-4-7-16/h2-13H,14-15H2,1H3,(H,25,29). The van der Waals surface area contributed by atoms with Crippen LogP contribution in [0.1, 0.15) is 20.7 Å². The van der Waals surface area contributed by atoms with Crippen LogP contribution in [0.2, 0.25) is 0 Å². The van der Waals surface area contributed by atoms with E-state index in [4.69, 9.17) is 4.74 Å². The average molecular weight is 433 g/mol. The number of rotatable bonds is 6. The SMILES string of the molecule is CN1C(=O)COc2ccc(NC(=O)c3cccc(SCC(=O)c4ccccc4)c3)cc21. The fourth-order valence-corrected chi connectivity index (χ4v) is 3.99. The van der Waals surface area contributed by atoms with E-state index in [1.165, 1.54) is 16.7 Å². The van der Waals surface area contributed by atoms with Gasteiger partial charge in [-0.3, -0.25) is 14.4 Å². The minimum Gasteiger partial charge on any atom is -0.482 e. The number of fused-ring (bicyclic) bond motifs is 1. The van der Waals surface area contributed by atoms with Crippen molar-refractivity contribution >= 4 is 40.7 Å². The van der Waals surface area contributed by atoms with Crippen LogP contribution in [-0.2, 0) is 4.79 Å². The van der Waals surface area contributed by atoms with Crippen LogP contribution in [-0.4, -0.2) is 37.0 Å². The number of ether oxygens (including phenoxy) is 1. The van der Waals surface area contributed by atoms with Gasteiger partial charge in [-0.15, -0.1) is 11.8 Å². The Morgan fingerprint density at radius 1 is 1.00 bits per heavy atom. The number of ketones is 1. The molecular weight excluding hydrogens is 412 g/mol. The van der Waals surface area contributed by atoms with Crippen molar-refractivity contribution in [2.45, 2.75) is 4.90 Å². The van der Waals surface area contributed by atoms with Crippen LogP contribution in [0.15, 0.2) is 77.7 Å². The molecule has 0 spiro atoms. The van der Waals surface area contributed by atoms with Crippen LogP contribution >= 0.6 is 11.8 Å². The van der Waals surface area contributed by atoms with Gasteiger partial charge in [0.25, 0.3) is 11.8 Å². The lowest BCUT2D eigenvalue weighted by atomic mass is 10.2. The highest BCUT2D eigenvalue weighted by atomic mass is 32.2. The molecule has 0 aliphatic carbocycles. The van der Waals surface area contributed by atoms with Crippen LogP contribution < -0.4 is 15.0 Å². The molecule has 0 unspecified atom stereocenters. The second-order valence-corrected chi connectivity index (χ2v) is 8.03. The predicted molar refractivity (Wildman–Crippen MR) is 121 cm³/mol. The van der Waals surface area contributed by atoms with E-state index in [-0.39, 0.29) is 24.2 Å². The predicted octanol–water partition coefficient (Wildman–Crippen LogP) is 4.27. The summed E-state index contributed by atoms with van der Waals surface area (Å²) < 4.78 is 5.41. The molecule has 6 nitrogen and oxygen atoms in total. The van der Waals surface area contributed by atoms with Gasteiger partial charge in [0.2, 0.25) is 0 Å². The summed E-state index contributed by atoms with van der Waals surface area (Å²) in [5, 5.41) is 2.85. The molecule has 0 atom stereocenters. The van der Waals surface area contributed by atoms with Crippen molar-refractivity contribution in [3.05, 3.63) is 83.9 Å². The molecule has 0 fully saturated rings. The van der Waals surface area contributed by atoms with Crippen LogP contribution in [0.3, 0.4) is 0 Å². The second-order valence-electron chi connectivity index (χ2n) is 6.98. The number of Topliss-reactive ketones (excluding diaryl/α,β-unsaturated/α-hetero) is 1. The lowest BCUT2D eigenvalue weighted by Gasteiger charge is -2.26. The second kappa shape index (κ2) is 9.06. The topological polar surface area (TPSA) is 75.7 Å². The molecule has 0 aromatic heterocycles. The Morgan fingerprint density at radius 3 is 2.58 bits per heavy atom. The van der Waals surface area contributed by atoms with Gasteiger partial charge < -0.3 is 15.0 Å². The number of carbonyl (C=O) groups excluding carboxylic acids is 3. The molecule has 156 valence electrons. The van der Waals surface area contributed by atoms with Crippen molar-refractivity contribution in [3.63, 3.8) is 0 Å². The number of thioether (sulfide) groups is 1. The van der Waals surface area contributed by atoms with Crippen LogP contribution in [0.5, 0.6) is 5.75 Å². The maximum atomic E-state index is 12.7. The zero-order valence-electron chi connectivity index (χ0n) is 16.8. The fourth-order valence-electron chi connectivity index (χ4n) is 3.14. The number of benzene rings is 3. The Balaban J connectivity index is 1.43. The molecule has 3 aromatic carbocycles. The van der Waals surface area contributed by atoms with Gasteiger partial charge in [0.15, 0.2) is 12.4 Å². The van der Waals surface area contributed by atoms with Gasteiger partial charge >= 0.3 is 0 Å². The lowest BCUT2D eigenvalue weighted by molar-refractivity contribution is -0.120. The van der Waals surface area contributed by atoms with E-state index < -0.39 is 0 Å². The number of nitrogens with zero attached hydrogens (tertiary/aromatic N) is 1. The third-order valence-electron chi connectivity index (χ3n) is 4.87. The molecule has 1 aliphatic heterocycles. The maximum absolute atomic E-state index is 12.7. The molecule has 1 heterocycles. The molecule has 0 saturated heterocycles. The number of hydrogen-bond acceptors (Lipinski definition) is 5. The molecular formula is C24H20N2O4S. The lowest BCUT2D eigenvalue weighted by Crippen LogP contribution is -2.35. The quantitative estimate of drug-likeness (QED) is 0.465. The fraction of sp³-hybridized carbons (Fsp3) is 0.125. The maximum Gasteiger partial charge on any atom is 0.264 e. The number of carbonyl (C=O) groups is 3. The summed E-state index contributed by atoms with van der Waals surface area (Å²) in [5.41, 5.74) is 2.32. The van der Waals surface area contributed by atoms with Gasteiger partial charge in [0.05, 0.1) is 11.4 Å². The van der Waals surface area contributed by atoms with Gasteiger partial charge in [0, 0.05) is 28.8 Å². The normalized spacial score (nSPS) is 12.7. The monoisotopic (exact) mass is 432 g/mol. The number of hydrogen-bond donors (Lipinski definition) is 1. The van der Waals surface area contributed by atoms with E-state index in [1.54, 1.807) is 55.6 Å². The third kappa shape index (κ3) is 4.78. The molecule has 0 saturated carbocycles. The van der Waals surface area contributed by atoms with Crippen LogP contribution in [0.4, 0.5) is 11.4 Å². The van der Waals surface area contributed by atoms with Gasteiger partial charge in [-0.1, -0.05) is 36.4 Å². The first-order valence-corrected chi connectivity index (χ1v) is 10.7. The van der Waals surface area contributed by atoms with Crippen molar-refractivity contribution in [1.82, 2.24) is 0 Å². The number of likely N-dealkylation sites (N-methyl/N-ethyl adjacent to an activating group) is 1. The summed E-state index contributed by atoms with van der Waals surface area (Å²) in [6.07, 6.45) is 0. The molecule has 7 heteroatoms. The molecule has 1 aliphatic rings. The van der Waals surface area contributed by atoms with Crippen LogP contribution in [0.25, 0.3) is 0 Å². The molecule has 1 N–H and O–H groups in total. The number of nitrogens with one attached hydrogen (secondary N) is 1. The molecule has 0 bridgehead atoms. The molecule has 0 radical (unpaired) electrons. The first-order chi connectivity index (χ1) is 15.0. The molecule has 3 aromatic rings. The summed E-state index contributed by atoms with van der Waals surface area (Å²) in [6, 6.07) is 21.4. The highest BCUT2D eigenvalue weighted by Crippen LogP contribution is 2.33. The Morgan fingerprint density at radius 2 is 1.77 bits per heavy atom. The Labute approximate surface area is 184 Å². The Kier molecular flexibility index (Phi) is 6.04. The molecule has 4 rings (SSSR count). The average Bonchev–Trinajstić information content (AvgIpc) is 2.81. The number of anilines is 2. The summed E-state index contributed by atoms with van der Waals surface area (Å²) in [6.45, 7) is 0.00639. The zero-order valence-corrected chi connectivity index (χ0v) is 17.6. The summed E-state index contributed by atoms with van der Waals surface area (Å²) in [4.78, 5) is 39.2. The van der Waals surface area contributed by atoms with Crippen molar-refractivity contribution in [2.24, 2.45) is 0 Å². The Hall–Kier alpha value is -3.58. The number of amides is 2. The van der Waals surface area contributed by atoms with Crippen molar-refractivity contribution < 1.29 is 19.1 Å². The smallest absolute Gasteiger partial charge is 0.264 e. The highest BCUT2D eigenvalue weighted by molar-refractivity contribution is 8.00. The van der Waals surface area contributed by atoms with E-state index >= 15 is 0 Å². The van der Waals surface area contributed by atoms with Crippen molar-refractivity contribution in [2.75, 3.05) is 29.6 Å². The first-order valence-electron chi connectivity index (χ1n) is 9.67. The zero-order chi connectivity index (χ0) is 21.8. The highest BCUT2D eigenvalue weighted by Gasteiger charge is 2.22. The summed E-state index contributed by atoms with van der Waals surface area (Å²) in [7, 11) is 1.67. The van der Waals surface area contributed by atoms with E-state index in [0.717, 1.165) is 4.90 Å². The third-order valence-corrected chi connectivity index (χ3v) is 5.86. The van der Waals surface area contributed by atoms with Crippen molar-refractivity contribution in [3.8, 4) is 5.75 Å². The Bertz CT molecular complexity index is 1150.